The quantitative estimate of drug-likeness (QED) is 0.763. The number of methoxy groups -OCH3 is 1. The molecule has 0 aromatic heterocycles. The fourth-order valence-corrected chi connectivity index (χ4v) is 2.77. The van der Waals surface area contributed by atoms with Crippen LogP contribution in [0.4, 0.5) is 0 Å². The molecular formula is C17H15BrN2O5. The van der Waals surface area contributed by atoms with Crippen LogP contribution in [0.2, 0.25) is 0 Å². The summed E-state index contributed by atoms with van der Waals surface area (Å²) in [4.78, 5) is 24.5. The van der Waals surface area contributed by atoms with E-state index in [9.17, 15) is 9.59 Å². The van der Waals surface area contributed by atoms with Crippen LogP contribution >= 0.6 is 15.9 Å². The maximum absolute atomic E-state index is 12.3. The van der Waals surface area contributed by atoms with Crippen molar-refractivity contribution in [3.05, 3.63) is 52.0 Å². The molecule has 1 aliphatic rings. The number of carbonyl (C=O) groups is 2. The number of fused-ring (bicyclic) bond motifs is 1. The Bertz CT molecular complexity index is 807. The van der Waals surface area contributed by atoms with Crippen molar-refractivity contribution in [1.29, 1.82) is 0 Å². The Morgan fingerprint density at radius 3 is 2.56 bits per heavy atom. The van der Waals surface area contributed by atoms with E-state index in [1.165, 1.54) is 19.2 Å². The first-order valence-electron chi connectivity index (χ1n) is 7.43. The molecule has 0 fully saturated rings. The molecule has 130 valence electrons. The molecule has 2 aromatic carbocycles. The van der Waals surface area contributed by atoms with Crippen LogP contribution in [0.25, 0.3) is 0 Å². The van der Waals surface area contributed by atoms with Gasteiger partial charge in [0.25, 0.3) is 11.8 Å². The number of ether oxygens (including phenoxy) is 3. The van der Waals surface area contributed by atoms with Gasteiger partial charge in [0.15, 0.2) is 11.5 Å². The molecule has 0 radical (unpaired) electrons. The number of halogens is 1. The largest absolute Gasteiger partial charge is 0.493 e. The smallest absolute Gasteiger partial charge is 0.270 e. The number of amides is 2. The van der Waals surface area contributed by atoms with Gasteiger partial charge in [0.2, 0.25) is 5.75 Å². The van der Waals surface area contributed by atoms with E-state index >= 15 is 0 Å². The Morgan fingerprint density at radius 2 is 1.80 bits per heavy atom. The first-order chi connectivity index (χ1) is 12.1. The van der Waals surface area contributed by atoms with Crippen LogP contribution in [0.1, 0.15) is 20.7 Å². The van der Waals surface area contributed by atoms with Gasteiger partial charge in [-0.1, -0.05) is 12.1 Å². The van der Waals surface area contributed by atoms with Crippen LogP contribution in [-0.2, 0) is 0 Å². The summed E-state index contributed by atoms with van der Waals surface area (Å²) >= 11 is 3.29. The summed E-state index contributed by atoms with van der Waals surface area (Å²) in [5, 5.41) is 0. The average Bonchev–Trinajstić information content (AvgIpc) is 2.65. The number of rotatable bonds is 3. The van der Waals surface area contributed by atoms with Gasteiger partial charge in [0.1, 0.15) is 13.2 Å². The van der Waals surface area contributed by atoms with Crippen LogP contribution in [0.3, 0.4) is 0 Å². The highest BCUT2D eigenvalue weighted by Crippen LogP contribution is 2.40. The Morgan fingerprint density at radius 1 is 1.08 bits per heavy atom. The predicted octanol–water partition coefficient (Wildman–Crippen LogP) is 2.30. The second-order valence-corrected chi connectivity index (χ2v) is 5.95. The predicted molar refractivity (Wildman–Crippen MR) is 93.1 cm³/mol. The Balaban J connectivity index is 1.73. The van der Waals surface area contributed by atoms with Gasteiger partial charge in [0.05, 0.1) is 12.7 Å². The molecule has 1 heterocycles. The fourth-order valence-electron chi connectivity index (χ4n) is 2.30. The average molecular weight is 407 g/mol. The molecule has 0 atom stereocenters. The highest BCUT2D eigenvalue weighted by molar-refractivity contribution is 9.10. The third kappa shape index (κ3) is 3.69. The van der Waals surface area contributed by atoms with E-state index in [-0.39, 0.29) is 5.56 Å². The molecule has 2 amide bonds. The molecule has 3 rings (SSSR count). The van der Waals surface area contributed by atoms with E-state index in [1.54, 1.807) is 24.3 Å². The normalized spacial score (nSPS) is 12.2. The lowest BCUT2D eigenvalue weighted by Crippen LogP contribution is -2.41. The van der Waals surface area contributed by atoms with Gasteiger partial charge < -0.3 is 14.2 Å². The SMILES string of the molecule is COc1cc(C(=O)NNC(=O)c2ccccc2Br)cc2c1OCCO2. The van der Waals surface area contributed by atoms with E-state index in [2.05, 4.69) is 26.8 Å². The lowest BCUT2D eigenvalue weighted by atomic mass is 10.1. The van der Waals surface area contributed by atoms with Crippen molar-refractivity contribution in [2.45, 2.75) is 0 Å². The van der Waals surface area contributed by atoms with Crippen molar-refractivity contribution in [2.24, 2.45) is 0 Å². The number of hydrogen-bond donors (Lipinski definition) is 2. The van der Waals surface area contributed by atoms with Crippen LogP contribution in [0, 0.1) is 0 Å². The molecule has 0 saturated heterocycles. The summed E-state index contributed by atoms with van der Waals surface area (Å²) in [6.07, 6.45) is 0. The molecule has 25 heavy (non-hydrogen) atoms. The van der Waals surface area contributed by atoms with Gasteiger partial charge in [0, 0.05) is 10.0 Å². The minimum atomic E-state index is -0.504. The Labute approximate surface area is 152 Å². The monoisotopic (exact) mass is 406 g/mol. The summed E-state index contributed by atoms with van der Waals surface area (Å²) in [6, 6.07) is 9.96. The van der Waals surface area contributed by atoms with Gasteiger partial charge in [-0.2, -0.15) is 0 Å². The summed E-state index contributed by atoms with van der Waals surface area (Å²) in [6.45, 7) is 0.802. The summed E-state index contributed by atoms with van der Waals surface area (Å²) in [5.74, 6) is 0.330. The molecule has 1 aliphatic heterocycles. The molecule has 0 bridgehead atoms. The van der Waals surface area contributed by atoms with E-state index in [0.29, 0.717) is 40.5 Å². The van der Waals surface area contributed by atoms with Crippen LogP contribution < -0.4 is 25.1 Å². The van der Waals surface area contributed by atoms with Crippen molar-refractivity contribution in [1.82, 2.24) is 10.9 Å². The standard InChI is InChI=1S/C17H15BrN2O5/c1-23-13-8-10(9-14-15(13)25-7-6-24-14)16(21)19-20-17(22)11-4-2-3-5-12(11)18/h2-5,8-9H,6-7H2,1H3,(H,19,21)(H,20,22). The first-order valence-corrected chi connectivity index (χ1v) is 8.22. The van der Waals surface area contributed by atoms with Crippen LogP contribution in [0.15, 0.2) is 40.9 Å². The van der Waals surface area contributed by atoms with E-state index in [4.69, 9.17) is 14.2 Å². The zero-order valence-corrected chi connectivity index (χ0v) is 14.9. The topological polar surface area (TPSA) is 85.9 Å². The molecule has 0 unspecified atom stereocenters. The highest BCUT2D eigenvalue weighted by Gasteiger charge is 2.21. The van der Waals surface area contributed by atoms with Gasteiger partial charge in [-0.15, -0.1) is 0 Å². The Hall–Kier alpha value is -2.74. The zero-order chi connectivity index (χ0) is 17.8. The molecule has 2 N–H and O–H groups in total. The number of benzene rings is 2. The second-order valence-electron chi connectivity index (χ2n) is 5.09. The van der Waals surface area contributed by atoms with E-state index in [0.717, 1.165) is 0 Å². The third-order valence-electron chi connectivity index (χ3n) is 3.50. The minimum Gasteiger partial charge on any atom is -0.493 e. The van der Waals surface area contributed by atoms with Crippen molar-refractivity contribution in [3.8, 4) is 17.2 Å². The zero-order valence-electron chi connectivity index (χ0n) is 13.3. The molecule has 8 heteroatoms. The third-order valence-corrected chi connectivity index (χ3v) is 4.19. The van der Waals surface area contributed by atoms with Crippen LogP contribution in [0.5, 0.6) is 17.2 Å². The molecular weight excluding hydrogens is 392 g/mol. The number of carbonyl (C=O) groups excluding carboxylic acids is 2. The van der Waals surface area contributed by atoms with Gasteiger partial charge in [-0.05, 0) is 40.2 Å². The van der Waals surface area contributed by atoms with Gasteiger partial charge >= 0.3 is 0 Å². The highest BCUT2D eigenvalue weighted by atomic mass is 79.9. The number of hydrazine groups is 1. The molecule has 2 aromatic rings. The second kappa shape index (κ2) is 7.43. The number of hydrogen-bond acceptors (Lipinski definition) is 5. The van der Waals surface area contributed by atoms with Crippen molar-refractivity contribution in [3.63, 3.8) is 0 Å². The fraction of sp³-hybridized carbons (Fsp3) is 0.176. The molecule has 0 saturated carbocycles. The summed E-state index contributed by atoms with van der Waals surface area (Å²) < 4.78 is 16.8. The first kappa shape index (κ1) is 17.1. The van der Waals surface area contributed by atoms with Crippen molar-refractivity contribution >= 4 is 27.7 Å². The maximum atomic E-state index is 12.3. The Kier molecular flexibility index (Phi) is 5.08. The maximum Gasteiger partial charge on any atom is 0.270 e. The van der Waals surface area contributed by atoms with E-state index in [1.807, 2.05) is 0 Å². The molecule has 0 aliphatic carbocycles. The lowest BCUT2D eigenvalue weighted by molar-refractivity contribution is 0.0845. The van der Waals surface area contributed by atoms with Crippen molar-refractivity contribution < 1.29 is 23.8 Å². The lowest BCUT2D eigenvalue weighted by Gasteiger charge is -2.21. The number of nitrogens with one attached hydrogen (secondary N) is 2. The molecule has 7 nitrogen and oxygen atoms in total. The van der Waals surface area contributed by atoms with Gasteiger partial charge in [-0.3, -0.25) is 20.4 Å². The van der Waals surface area contributed by atoms with Crippen LogP contribution in [-0.4, -0.2) is 32.1 Å². The van der Waals surface area contributed by atoms with E-state index < -0.39 is 11.8 Å². The minimum absolute atomic E-state index is 0.272. The summed E-state index contributed by atoms with van der Waals surface area (Å²) in [7, 11) is 1.48. The van der Waals surface area contributed by atoms with Gasteiger partial charge in [-0.25, -0.2) is 0 Å². The van der Waals surface area contributed by atoms with Crippen molar-refractivity contribution in [2.75, 3.05) is 20.3 Å². The molecule has 0 spiro atoms. The summed E-state index contributed by atoms with van der Waals surface area (Å²) in [5.41, 5.74) is 5.42.